The second-order valence-electron chi connectivity index (χ2n) is 3.82. The van der Waals surface area contributed by atoms with E-state index in [9.17, 15) is 4.39 Å². The number of rotatable bonds is 4. The first-order chi connectivity index (χ1) is 9.65. The van der Waals surface area contributed by atoms with Crippen LogP contribution in [0, 0.1) is 17.1 Å². The lowest BCUT2D eigenvalue weighted by Gasteiger charge is -2.11. The van der Waals surface area contributed by atoms with Crippen molar-refractivity contribution in [1.82, 2.24) is 9.97 Å². The summed E-state index contributed by atoms with van der Waals surface area (Å²) < 4.78 is 19.0. The molecular formula is C13H10ClFN4O. The summed E-state index contributed by atoms with van der Waals surface area (Å²) in [5, 5.41) is 11.5. The molecule has 2 rings (SSSR count). The maximum absolute atomic E-state index is 13.9. The van der Waals surface area contributed by atoms with Crippen molar-refractivity contribution in [3.8, 4) is 11.8 Å². The predicted molar refractivity (Wildman–Crippen MR) is 72.6 cm³/mol. The summed E-state index contributed by atoms with van der Waals surface area (Å²) in [4.78, 5) is 7.73. The monoisotopic (exact) mass is 292 g/mol. The number of hydrogen-bond acceptors (Lipinski definition) is 5. The van der Waals surface area contributed by atoms with Gasteiger partial charge in [-0.3, -0.25) is 0 Å². The van der Waals surface area contributed by atoms with Crippen molar-refractivity contribution in [2.45, 2.75) is 6.42 Å². The molecule has 1 heterocycles. The Morgan fingerprint density at radius 1 is 1.45 bits per heavy atom. The van der Waals surface area contributed by atoms with Crippen LogP contribution in [-0.4, -0.2) is 17.1 Å². The Morgan fingerprint density at radius 2 is 2.25 bits per heavy atom. The van der Waals surface area contributed by atoms with Gasteiger partial charge in [0.05, 0.1) is 25.3 Å². The zero-order chi connectivity index (χ0) is 14.5. The van der Waals surface area contributed by atoms with E-state index in [1.807, 2.05) is 6.07 Å². The van der Waals surface area contributed by atoms with Crippen LogP contribution in [0.25, 0.3) is 0 Å². The topological polar surface area (TPSA) is 70.8 Å². The first-order valence-electron chi connectivity index (χ1n) is 5.62. The van der Waals surface area contributed by atoms with E-state index < -0.39 is 5.82 Å². The van der Waals surface area contributed by atoms with E-state index in [4.69, 9.17) is 21.6 Å². The Balaban J connectivity index is 2.31. The predicted octanol–water partition coefficient (Wildman–Crippen LogP) is 3.09. The van der Waals surface area contributed by atoms with Crippen LogP contribution >= 0.6 is 11.6 Å². The molecule has 0 amide bonds. The summed E-state index contributed by atoms with van der Waals surface area (Å²) >= 11 is 5.86. The molecule has 0 aliphatic carbocycles. The van der Waals surface area contributed by atoms with Crippen LogP contribution in [0.15, 0.2) is 24.5 Å². The molecule has 7 heteroatoms. The van der Waals surface area contributed by atoms with Gasteiger partial charge in [0.2, 0.25) is 0 Å². The van der Waals surface area contributed by atoms with Crippen molar-refractivity contribution in [2.75, 3.05) is 12.4 Å². The molecule has 0 saturated heterocycles. The number of anilines is 2. The fourth-order valence-electron chi connectivity index (χ4n) is 1.61. The molecule has 0 spiro atoms. The van der Waals surface area contributed by atoms with Crippen molar-refractivity contribution in [3.05, 3.63) is 41.1 Å². The maximum Gasteiger partial charge on any atom is 0.199 e. The lowest BCUT2D eigenvalue weighted by molar-refractivity contribution is 0.413. The fraction of sp³-hybridized carbons (Fsp3) is 0.154. The van der Waals surface area contributed by atoms with Gasteiger partial charge in [0.25, 0.3) is 0 Å². The summed E-state index contributed by atoms with van der Waals surface area (Å²) in [5.41, 5.74) is 0.808. The molecule has 20 heavy (non-hydrogen) atoms. The Kier molecular flexibility index (Phi) is 4.33. The number of halogens is 2. The molecule has 0 unspecified atom stereocenters. The van der Waals surface area contributed by atoms with Crippen LogP contribution in [0.5, 0.6) is 5.75 Å². The van der Waals surface area contributed by atoms with Gasteiger partial charge in [0.15, 0.2) is 16.7 Å². The second kappa shape index (κ2) is 6.17. The molecule has 0 fully saturated rings. The molecule has 1 aromatic heterocycles. The van der Waals surface area contributed by atoms with Crippen LogP contribution in [0.3, 0.4) is 0 Å². The van der Waals surface area contributed by atoms with Gasteiger partial charge in [0, 0.05) is 0 Å². The third-order valence-electron chi connectivity index (χ3n) is 2.53. The average molecular weight is 293 g/mol. The summed E-state index contributed by atoms with van der Waals surface area (Å²) in [6, 6.07) is 6.44. The Labute approximate surface area is 120 Å². The van der Waals surface area contributed by atoms with Gasteiger partial charge in [-0.05, 0) is 17.7 Å². The summed E-state index contributed by atoms with van der Waals surface area (Å²) in [6.45, 7) is 0. The van der Waals surface area contributed by atoms with Crippen molar-refractivity contribution in [2.24, 2.45) is 0 Å². The van der Waals surface area contributed by atoms with Crippen LogP contribution in [0.2, 0.25) is 5.15 Å². The first kappa shape index (κ1) is 14.0. The quantitative estimate of drug-likeness (QED) is 0.877. The van der Waals surface area contributed by atoms with Gasteiger partial charge in [0.1, 0.15) is 12.1 Å². The summed E-state index contributed by atoms with van der Waals surface area (Å²) in [7, 11) is 1.42. The van der Waals surface area contributed by atoms with E-state index in [2.05, 4.69) is 15.3 Å². The van der Waals surface area contributed by atoms with E-state index in [1.165, 1.54) is 25.6 Å². The number of hydrogen-bond donors (Lipinski definition) is 1. The molecule has 0 bridgehead atoms. The Hall–Kier alpha value is -2.39. The summed E-state index contributed by atoms with van der Waals surface area (Å²) in [6.07, 6.45) is 1.40. The molecule has 0 radical (unpaired) electrons. The van der Waals surface area contributed by atoms with Gasteiger partial charge in [-0.15, -0.1) is 0 Å². The number of nitrogens with one attached hydrogen (secondary N) is 1. The number of methoxy groups -OCH3 is 1. The SMILES string of the molecule is COc1c(Cl)ncnc1Nc1ccc(CC#N)cc1F. The van der Waals surface area contributed by atoms with Gasteiger partial charge >= 0.3 is 0 Å². The van der Waals surface area contributed by atoms with Gasteiger partial charge in [-0.1, -0.05) is 17.7 Å². The van der Waals surface area contributed by atoms with Crippen molar-refractivity contribution >= 4 is 23.1 Å². The average Bonchev–Trinajstić information content (AvgIpc) is 2.42. The third-order valence-corrected chi connectivity index (χ3v) is 2.80. The molecule has 0 aliphatic heterocycles. The Morgan fingerprint density at radius 3 is 2.90 bits per heavy atom. The maximum atomic E-state index is 13.9. The molecular weight excluding hydrogens is 283 g/mol. The molecule has 1 aromatic carbocycles. The van der Waals surface area contributed by atoms with Crippen molar-refractivity contribution < 1.29 is 9.13 Å². The minimum atomic E-state index is -0.491. The summed E-state index contributed by atoms with van der Waals surface area (Å²) in [5.74, 6) is 0.00337. The Bertz CT molecular complexity index is 672. The largest absolute Gasteiger partial charge is 0.490 e. The van der Waals surface area contributed by atoms with Gasteiger partial charge < -0.3 is 10.1 Å². The standard InChI is InChI=1S/C13H10ClFN4O/c1-20-11-12(14)17-7-18-13(11)19-10-3-2-8(4-5-16)6-9(10)15/h2-3,6-7H,4H2,1H3,(H,17,18,19). The third kappa shape index (κ3) is 2.95. The van der Waals surface area contributed by atoms with Gasteiger partial charge in [-0.2, -0.15) is 5.26 Å². The van der Waals surface area contributed by atoms with E-state index in [-0.39, 0.29) is 28.8 Å². The van der Waals surface area contributed by atoms with Crippen LogP contribution in [-0.2, 0) is 6.42 Å². The number of nitrogens with zero attached hydrogens (tertiary/aromatic N) is 3. The molecule has 5 nitrogen and oxygen atoms in total. The number of nitriles is 1. The highest BCUT2D eigenvalue weighted by atomic mass is 35.5. The highest BCUT2D eigenvalue weighted by molar-refractivity contribution is 6.31. The molecule has 102 valence electrons. The number of benzene rings is 1. The molecule has 2 aromatic rings. The molecule has 0 atom stereocenters. The lowest BCUT2D eigenvalue weighted by atomic mass is 10.1. The van der Waals surface area contributed by atoms with Crippen LogP contribution in [0.4, 0.5) is 15.9 Å². The first-order valence-corrected chi connectivity index (χ1v) is 6.00. The van der Waals surface area contributed by atoms with E-state index in [0.717, 1.165) is 0 Å². The number of aromatic nitrogens is 2. The van der Waals surface area contributed by atoms with Crippen LogP contribution < -0.4 is 10.1 Å². The minimum Gasteiger partial charge on any atom is -0.490 e. The zero-order valence-electron chi connectivity index (χ0n) is 10.5. The van der Waals surface area contributed by atoms with E-state index in [0.29, 0.717) is 5.56 Å². The number of ether oxygens (including phenoxy) is 1. The van der Waals surface area contributed by atoms with E-state index in [1.54, 1.807) is 6.07 Å². The minimum absolute atomic E-state index is 0.131. The van der Waals surface area contributed by atoms with Crippen molar-refractivity contribution in [1.29, 1.82) is 5.26 Å². The molecule has 0 saturated carbocycles. The highest BCUT2D eigenvalue weighted by Gasteiger charge is 2.12. The van der Waals surface area contributed by atoms with Crippen LogP contribution in [0.1, 0.15) is 5.56 Å². The smallest absolute Gasteiger partial charge is 0.199 e. The lowest BCUT2D eigenvalue weighted by Crippen LogP contribution is -2.01. The molecule has 1 N–H and O–H groups in total. The fourth-order valence-corrected chi connectivity index (χ4v) is 1.82. The van der Waals surface area contributed by atoms with E-state index >= 15 is 0 Å². The van der Waals surface area contributed by atoms with Crippen molar-refractivity contribution in [3.63, 3.8) is 0 Å². The second-order valence-corrected chi connectivity index (χ2v) is 4.18. The molecule has 0 aliphatic rings. The van der Waals surface area contributed by atoms with Gasteiger partial charge in [-0.25, -0.2) is 14.4 Å². The zero-order valence-corrected chi connectivity index (χ0v) is 11.3. The normalized spacial score (nSPS) is 9.90. The highest BCUT2D eigenvalue weighted by Crippen LogP contribution is 2.31.